The number of nitrogens with zero attached hydrogens (tertiary/aromatic N) is 4. The van der Waals surface area contributed by atoms with E-state index in [9.17, 15) is 0 Å². The van der Waals surface area contributed by atoms with E-state index in [-0.39, 0.29) is 5.54 Å². The van der Waals surface area contributed by atoms with E-state index in [2.05, 4.69) is 41.3 Å². The average molecular weight is 269 g/mol. The van der Waals surface area contributed by atoms with Crippen molar-refractivity contribution in [1.29, 1.82) is 0 Å². The molecule has 0 atom stereocenters. The molecule has 0 aromatic carbocycles. The van der Waals surface area contributed by atoms with Gasteiger partial charge in [0, 0.05) is 19.6 Å². The number of rotatable bonds is 8. The highest BCUT2D eigenvalue weighted by molar-refractivity contribution is 4.93. The first-order chi connectivity index (χ1) is 8.89. The number of nitrogens with one attached hydrogen (secondary N) is 1. The van der Waals surface area contributed by atoms with E-state index >= 15 is 0 Å². The van der Waals surface area contributed by atoms with E-state index in [1.807, 2.05) is 25.0 Å². The van der Waals surface area contributed by atoms with E-state index in [0.29, 0.717) is 0 Å². The van der Waals surface area contributed by atoms with Crippen LogP contribution in [0.25, 0.3) is 0 Å². The highest BCUT2D eigenvalue weighted by Crippen LogP contribution is 2.11. The van der Waals surface area contributed by atoms with Crippen LogP contribution in [0, 0.1) is 0 Å². The highest BCUT2D eigenvalue weighted by atomic mass is 16.5. The normalized spacial score (nSPS) is 12.3. The Hall–Kier alpha value is -0.980. The molecule has 19 heavy (non-hydrogen) atoms. The van der Waals surface area contributed by atoms with Gasteiger partial charge in [-0.15, -0.1) is 5.10 Å². The van der Waals surface area contributed by atoms with E-state index < -0.39 is 0 Å². The van der Waals surface area contributed by atoms with Crippen molar-refractivity contribution in [1.82, 2.24) is 25.2 Å². The first-order valence-corrected chi connectivity index (χ1v) is 6.74. The van der Waals surface area contributed by atoms with Crippen molar-refractivity contribution in [3.63, 3.8) is 0 Å². The zero-order valence-electron chi connectivity index (χ0n) is 12.8. The summed E-state index contributed by atoms with van der Waals surface area (Å²) in [5, 5.41) is 11.6. The van der Waals surface area contributed by atoms with Crippen LogP contribution in [-0.2, 0) is 16.8 Å². The summed E-state index contributed by atoms with van der Waals surface area (Å²) in [6, 6.07) is 0. The lowest BCUT2D eigenvalue weighted by molar-refractivity contribution is 0.119. The van der Waals surface area contributed by atoms with Crippen molar-refractivity contribution in [2.24, 2.45) is 0 Å². The van der Waals surface area contributed by atoms with Crippen molar-refractivity contribution in [2.45, 2.75) is 32.9 Å². The molecule has 0 aliphatic carbocycles. The molecule has 110 valence electrons. The molecular formula is C13H27N5O. The van der Waals surface area contributed by atoms with Gasteiger partial charge in [0.05, 0.1) is 30.6 Å². The first kappa shape index (κ1) is 16.1. The summed E-state index contributed by atoms with van der Waals surface area (Å²) in [5.74, 6) is 0. The van der Waals surface area contributed by atoms with Crippen LogP contribution in [0.4, 0.5) is 0 Å². The van der Waals surface area contributed by atoms with Crippen LogP contribution in [0.15, 0.2) is 6.20 Å². The largest absolute Gasteiger partial charge is 0.379 e. The Morgan fingerprint density at radius 2 is 2.05 bits per heavy atom. The Kier molecular flexibility index (Phi) is 6.41. The van der Waals surface area contributed by atoms with Gasteiger partial charge in [-0.2, -0.15) is 0 Å². The van der Waals surface area contributed by atoms with Crippen LogP contribution in [0.3, 0.4) is 0 Å². The van der Waals surface area contributed by atoms with Gasteiger partial charge in [-0.3, -0.25) is 0 Å². The number of ether oxygens (including phenoxy) is 1. The SMILES string of the molecule is CN(C)CCOCCNCc1cn(C(C)(C)C)nn1. The third-order valence-electron chi connectivity index (χ3n) is 2.64. The van der Waals surface area contributed by atoms with Gasteiger partial charge in [-0.25, -0.2) is 4.68 Å². The molecular weight excluding hydrogens is 242 g/mol. The molecule has 0 fully saturated rings. The van der Waals surface area contributed by atoms with Gasteiger partial charge in [-0.05, 0) is 34.9 Å². The molecule has 0 bridgehead atoms. The number of aromatic nitrogens is 3. The van der Waals surface area contributed by atoms with Crippen LogP contribution in [0.2, 0.25) is 0 Å². The fourth-order valence-corrected chi connectivity index (χ4v) is 1.42. The number of hydrogen-bond donors (Lipinski definition) is 1. The molecule has 0 spiro atoms. The summed E-state index contributed by atoms with van der Waals surface area (Å²) in [6.45, 7) is 10.3. The number of hydrogen-bond acceptors (Lipinski definition) is 5. The Bertz CT molecular complexity index is 356. The average Bonchev–Trinajstić information content (AvgIpc) is 2.75. The topological polar surface area (TPSA) is 55.2 Å². The zero-order chi connectivity index (χ0) is 14.3. The fraction of sp³-hybridized carbons (Fsp3) is 0.846. The Morgan fingerprint density at radius 3 is 2.63 bits per heavy atom. The van der Waals surface area contributed by atoms with Crippen molar-refractivity contribution < 1.29 is 4.74 Å². The summed E-state index contributed by atoms with van der Waals surface area (Å²) >= 11 is 0. The van der Waals surface area contributed by atoms with E-state index in [1.54, 1.807) is 0 Å². The molecule has 0 aliphatic rings. The third kappa shape index (κ3) is 6.66. The monoisotopic (exact) mass is 269 g/mol. The second-order valence-corrected chi connectivity index (χ2v) is 5.92. The molecule has 1 N–H and O–H groups in total. The molecule has 0 radical (unpaired) electrons. The van der Waals surface area contributed by atoms with Gasteiger partial charge in [0.15, 0.2) is 0 Å². The fourth-order valence-electron chi connectivity index (χ4n) is 1.42. The molecule has 6 heteroatoms. The van der Waals surface area contributed by atoms with Crippen LogP contribution in [0.1, 0.15) is 26.5 Å². The molecule has 0 amide bonds. The molecule has 0 unspecified atom stereocenters. The van der Waals surface area contributed by atoms with Crippen molar-refractivity contribution in [3.05, 3.63) is 11.9 Å². The molecule has 1 rings (SSSR count). The van der Waals surface area contributed by atoms with Gasteiger partial charge in [0.25, 0.3) is 0 Å². The maximum Gasteiger partial charge on any atom is 0.0965 e. The smallest absolute Gasteiger partial charge is 0.0965 e. The predicted molar refractivity (Wildman–Crippen MR) is 76.1 cm³/mol. The third-order valence-corrected chi connectivity index (χ3v) is 2.64. The summed E-state index contributed by atoms with van der Waals surface area (Å²) in [5.41, 5.74) is 0.948. The van der Waals surface area contributed by atoms with Gasteiger partial charge in [-0.1, -0.05) is 5.21 Å². The minimum atomic E-state index is -0.0134. The first-order valence-electron chi connectivity index (χ1n) is 6.74. The quantitative estimate of drug-likeness (QED) is 0.704. The summed E-state index contributed by atoms with van der Waals surface area (Å²) in [4.78, 5) is 2.11. The molecule has 1 heterocycles. The second-order valence-electron chi connectivity index (χ2n) is 5.92. The summed E-state index contributed by atoms with van der Waals surface area (Å²) in [6.07, 6.45) is 1.99. The highest BCUT2D eigenvalue weighted by Gasteiger charge is 2.14. The van der Waals surface area contributed by atoms with Gasteiger partial charge in [0.2, 0.25) is 0 Å². The maximum atomic E-state index is 5.50. The predicted octanol–water partition coefficient (Wildman–Crippen LogP) is 0.701. The van der Waals surface area contributed by atoms with E-state index in [4.69, 9.17) is 4.74 Å². The van der Waals surface area contributed by atoms with Crippen molar-refractivity contribution >= 4 is 0 Å². The summed E-state index contributed by atoms with van der Waals surface area (Å²) in [7, 11) is 4.08. The molecule has 1 aromatic rings. The van der Waals surface area contributed by atoms with Gasteiger partial charge < -0.3 is 15.0 Å². The minimum absolute atomic E-state index is 0.0134. The zero-order valence-corrected chi connectivity index (χ0v) is 12.8. The minimum Gasteiger partial charge on any atom is -0.379 e. The summed E-state index contributed by atoms with van der Waals surface area (Å²) < 4.78 is 7.38. The van der Waals surface area contributed by atoms with Crippen LogP contribution >= 0.6 is 0 Å². The number of likely N-dealkylation sites (N-methyl/N-ethyl adjacent to an activating group) is 1. The molecule has 0 saturated heterocycles. The van der Waals surface area contributed by atoms with E-state index in [1.165, 1.54) is 0 Å². The maximum absolute atomic E-state index is 5.50. The van der Waals surface area contributed by atoms with Crippen molar-refractivity contribution in [3.8, 4) is 0 Å². The lowest BCUT2D eigenvalue weighted by Gasteiger charge is -2.17. The lowest BCUT2D eigenvalue weighted by Crippen LogP contribution is -2.23. The second kappa shape index (κ2) is 7.57. The van der Waals surface area contributed by atoms with E-state index in [0.717, 1.165) is 38.5 Å². The standard InChI is InChI=1S/C13H27N5O/c1-13(2,3)18-11-12(15-16-18)10-14-6-8-19-9-7-17(4)5/h11,14H,6-10H2,1-5H3. The Balaban J connectivity index is 2.11. The van der Waals surface area contributed by atoms with Crippen LogP contribution < -0.4 is 5.32 Å². The van der Waals surface area contributed by atoms with Crippen molar-refractivity contribution in [2.75, 3.05) is 40.4 Å². The lowest BCUT2D eigenvalue weighted by atomic mass is 10.1. The molecule has 0 aliphatic heterocycles. The molecule has 1 aromatic heterocycles. The van der Waals surface area contributed by atoms with Crippen LogP contribution in [0.5, 0.6) is 0 Å². The molecule has 6 nitrogen and oxygen atoms in total. The van der Waals surface area contributed by atoms with Crippen LogP contribution in [-0.4, -0.2) is 60.3 Å². The Labute approximate surface area is 116 Å². The molecule has 0 saturated carbocycles. The van der Waals surface area contributed by atoms with Gasteiger partial charge in [0.1, 0.15) is 0 Å². The Morgan fingerprint density at radius 1 is 1.32 bits per heavy atom. The van der Waals surface area contributed by atoms with Gasteiger partial charge >= 0.3 is 0 Å².